The van der Waals surface area contributed by atoms with Gasteiger partial charge in [-0.3, -0.25) is 0 Å². The van der Waals surface area contributed by atoms with E-state index >= 15 is 0 Å². The molecule has 0 heterocycles. The summed E-state index contributed by atoms with van der Waals surface area (Å²) in [6.07, 6.45) is 1.73. The van der Waals surface area contributed by atoms with Crippen LogP contribution in [0.3, 0.4) is 0 Å². The molecule has 11 rings (SSSR count). The van der Waals surface area contributed by atoms with E-state index in [9.17, 15) is 76.6 Å². The topological polar surface area (TPSA) is 303 Å². The third-order valence-electron chi connectivity index (χ3n) is 14.8. The van der Waals surface area contributed by atoms with Crippen LogP contribution in [-0.2, 0) is 23.7 Å². The van der Waals surface area contributed by atoms with E-state index in [1.807, 2.05) is 26.8 Å². The van der Waals surface area contributed by atoms with Crippen LogP contribution in [-0.4, -0.2) is 100 Å². The van der Waals surface area contributed by atoms with Crippen LogP contribution in [0.1, 0.15) is 77.8 Å². The summed E-state index contributed by atoms with van der Waals surface area (Å²) in [5, 5.41) is 159. The van der Waals surface area contributed by atoms with Gasteiger partial charge in [0.15, 0.2) is 51.7 Å². The third-order valence-corrected chi connectivity index (χ3v) is 14.8. The molecule has 0 saturated carbocycles. The zero-order valence-electron chi connectivity index (χ0n) is 40.9. The molecule has 8 aromatic rings. The number of aryl methyl sites for hydroxylation is 3. The smallest absolute Gasteiger partial charge is 0.204 e. The summed E-state index contributed by atoms with van der Waals surface area (Å²) in [5.41, 5.74) is -0.124. The zero-order chi connectivity index (χ0) is 54.8. The minimum atomic E-state index is -2.20. The quantitative estimate of drug-likeness (QED) is 0.0493. The molecule has 0 fully saturated rings. The van der Waals surface area contributed by atoms with E-state index in [2.05, 4.69) is 61.5 Å². The van der Waals surface area contributed by atoms with Crippen molar-refractivity contribution in [2.45, 2.75) is 58.3 Å². The number of hydrogen-bond donors (Lipinski definition) is 15. The Morgan fingerprint density at radius 1 is 0.373 bits per heavy atom. The molecule has 3 aliphatic carbocycles. The van der Waals surface area contributed by atoms with Crippen LogP contribution in [0.4, 0.5) is 0 Å². The van der Waals surface area contributed by atoms with E-state index in [0.29, 0.717) is 17.5 Å². The first kappa shape index (κ1) is 50.9. The molecule has 15 N–H and O–H groups in total. The molecular weight excluding hydrogens is 957 g/mol. The molecule has 1 atom stereocenters. The van der Waals surface area contributed by atoms with Crippen molar-refractivity contribution in [3.8, 4) is 131 Å². The third kappa shape index (κ3) is 6.84. The van der Waals surface area contributed by atoms with Crippen LogP contribution < -0.4 is 16.4 Å². The highest BCUT2D eigenvalue weighted by Gasteiger charge is 2.60. The summed E-state index contributed by atoms with van der Waals surface area (Å²) in [4.78, 5) is 0. The fraction of sp³-hybridized carbons (Fsp3) is 0.158. The van der Waals surface area contributed by atoms with Gasteiger partial charge >= 0.3 is 0 Å². The van der Waals surface area contributed by atoms with Crippen molar-refractivity contribution in [1.82, 2.24) is 0 Å². The van der Waals surface area contributed by atoms with Crippen molar-refractivity contribution in [1.29, 1.82) is 0 Å². The van der Waals surface area contributed by atoms with Crippen LogP contribution >= 0.6 is 0 Å². The van der Waals surface area contributed by atoms with Gasteiger partial charge in [-0.15, -0.1) is 0 Å². The molecule has 374 valence electrons. The molecule has 1 unspecified atom stereocenters. The Morgan fingerprint density at radius 2 is 0.827 bits per heavy atom. The Morgan fingerprint density at radius 3 is 1.45 bits per heavy atom. The van der Waals surface area contributed by atoms with Crippen molar-refractivity contribution < 1.29 is 76.6 Å². The Bertz CT molecular complexity index is 3710. The molecule has 0 saturated heterocycles. The van der Waals surface area contributed by atoms with Crippen molar-refractivity contribution >= 4 is 39.9 Å². The van der Waals surface area contributed by atoms with Gasteiger partial charge in [-0.1, -0.05) is 94.4 Å². The van der Waals surface area contributed by atoms with E-state index in [0.717, 1.165) is 17.5 Å². The fourth-order valence-corrected chi connectivity index (χ4v) is 11.1. The standard InChI is InChI=1S/C26H15B3O10.C17H18O5.C14H14/c1-4-2-6-5(3-7(4)30)8-11(14(27)22(36)25(39)18(8)32)26(6)12-10(19(33)23(37)16(29)20(12)34)9-13(26)21(35)24(38)15(28)17(9)31;1-4-7-5-9-8(6-10(7)18)11-12(17(9,2)3)14(20)16(22)15(21)13(11)19;1-2-12-8-6-7-11-14(12)13-9-4-3-5-10-13/h2-3,30-39H,1H3;5-6,18-22H,4H2,1-3H3;3-11H,2H2,1H3. The molecule has 0 aliphatic heterocycles. The second-order valence-electron chi connectivity index (χ2n) is 19.1. The highest BCUT2D eigenvalue weighted by Crippen LogP contribution is 2.72. The zero-order valence-corrected chi connectivity index (χ0v) is 40.9. The van der Waals surface area contributed by atoms with Crippen LogP contribution in [0.5, 0.6) is 86.2 Å². The number of fused-ring (bicyclic) bond motifs is 13. The highest BCUT2D eigenvalue weighted by molar-refractivity contribution is 6.40. The van der Waals surface area contributed by atoms with Crippen molar-refractivity contribution in [3.63, 3.8) is 0 Å². The molecule has 6 radical (unpaired) electrons. The van der Waals surface area contributed by atoms with Crippen molar-refractivity contribution in [2.24, 2.45) is 0 Å². The lowest BCUT2D eigenvalue weighted by atomic mass is 9.65. The number of rotatable bonds is 3. The number of phenolic OH excluding ortho intramolecular Hbond substituents is 15. The maximum absolute atomic E-state index is 11.4. The maximum atomic E-state index is 11.4. The average Bonchev–Trinajstić information content (AvgIpc) is 3.96. The first-order valence-corrected chi connectivity index (χ1v) is 23.4. The van der Waals surface area contributed by atoms with Gasteiger partial charge in [0, 0.05) is 44.4 Å². The van der Waals surface area contributed by atoms with Gasteiger partial charge in [-0.25, -0.2) is 0 Å². The predicted molar refractivity (Wildman–Crippen MR) is 283 cm³/mol. The minimum absolute atomic E-state index is 0.00728. The monoisotopic (exact) mass is 1000 g/mol. The Kier molecular flexibility index (Phi) is 11.9. The van der Waals surface area contributed by atoms with Gasteiger partial charge in [0.25, 0.3) is 0 Å². The molecule has 0 amide bonds. The van der Waals surface area contributed by atoms with Crippen molar-refractivity contribution in [3.05, 3.63) is 129 Å². The maximum Gasteiger partial charge on any atom is 0.204 e. The second kappa shape index (κ2) is 17.6. The fourth-order valence-electron chi connectivity index (χ4n) is 11.1. The number of benzene rings is 8. The SMILES string of the molecule is CCc1cc2c(cc1O)-c1c(O)c(O)c(O)c(O)c1C2(C)C.CCc1ccccc1-c1ccccc1.[B]c1c(O)c(O)c2c(c1O)-c1c(O)c(O)c([B])c(O)c1C21c2cc(C)c(O)cc2-c2c(O)c(O)c(O)c([B])c21. The second-order valence-corrected chi connectivity index (χ2v) is 19.1. The molecule has 0 aromatic heterocycles. The van der Waals surface area contributed by atoms with Crippen LogP contribution in [0.2, 0.25) is 0 Å². The first-order chi connectivity index (χ1) is 35.3. The van der Waals surface area contributed by atoms with E-state index in [4.69, 9.17) is 23.5 Å². The molecule has 3 aliphatic rings. The predicted octanol–water partition coefficient (Wildman–Crippen LogP) is 6.78. The summed E-state index contributed by atoms with van der Waals surface area (Å²) in [6, 6.07) is 25.1. The van der Waals surface area contributed by atoms with Crippen molar-refractivity contribution in [2.75, 3.05) is 0 Å². The Labute approximate surface area is 432 Å². The summed E-state index contributed by atoms with van der Waals surface area (Å²) in [7, 11) is 18.0. The van der Waals surface area contributed by atoms with E-state index < -0.39 is 119 Å². The molecule has 15 nitrogen and oxygen atoms in total. The van der Waals surface area contributed by atoms with Gasteiger partial charge in [0.1, 0.15) is 46.5 Å². The van der Waals surface area contributed by atoms with Crippen LogP contribution in [0.25, 0.3) is 44.5 Å². The molecule has 0 bridgehead atoms. The molecular formula is C57H47B3O15. The molecule has 1 spiro atoms. The largest absolute Gasteiger partial charge is 0.508 e. The Hall–Kier alpha value is -9.05. The summed E-state index contributed by atoms with van der Waals surface area (Å²) >= 11 is 0. The van der Waals surface area contributed by atoms with Gasteiger partial charge in [0.05, 0.1) is 5.41 Å². The van der Waals surface area contributed by atoms with Crippen LogP contribution in [0, 0.1) is 6.92 Å². The minimum Gasteiger partial charge on any atom is -0.508 e. The lowest BCUT2D eigenvalue weighted by Crippen LogP contribution is -2.33. The Balaban J connectivity index is 0.000000159. The average molecular weight is 1000 g/mol. The molecule has 8 aromatic carbocycles. The lowest BCUT2D eigenvalue weighted by Gasteiger charge is -2.34. The van der Waals surface area contributed by atoms with Crippen LogP contribution in [0.15, 0.2) is 78.9 Å². The normalized spacial score (nSPS) is 14.6. The van der Waals surface area contributed by atoms with E-state index in [1.165, 1.54) is 41.8 Å². The lowest BCUT2D eigenvalue weighted by molar-refractivity contribution is 0.342. The summed E-state index contributed by atoms with van der Waals surface area (Å²) in [6.45, 7) is 9.32. The molecule has 18 heteroatoms. The number of aromatic hydroxyl groups is 15. The highest BCUT2D eigenvalue weighted by atomic mass is 16.3. The molecule has 75 heavy (non-hydrogen) atoms. The number of hydrogen-bond acceptors (Lipinski definition) is 15. The summed E-state index contributed by atoms with van der Waals surface area (Å²) < 4.78 is 0. The number of phenols is 15. The van der Waals surface area contributed by atoms with E-state index in [-0.39, 0.29) is 50.4 Å². The van der Waals surface area contributed by atoms with Gasteiger partial charge in [0.2, 0.25) is 11.5 Å². The van der Waals surface area contributed by atoms with Gasteiger partial charge < -0.3 is 76.6 Å². The summed E-state index contributed by atoms with van der Waals surface area (Å²) in [5.74, 6) is -11.1. The van der Waals surface area contributed by atoms with E-state index in [1.54, 1.807) is 0 Å². The first-order valence-electron chi connectivity index (χ1n) is 23.4. The van der Waals surface area contributed by atoms with Gasteiger partial charge in [-0.2, -0.15) is 0 Å². The van der Waals surface area contributed by atoms with Gasteiger partial charge in [-0.05, 0) is 104 Å².